The average Bonchev–Trinajstić information content (AvgIpc) is 2.33. The van der Waals surface area contributed by atoms with Crippen LogP contribution in [0.3, 0.4) is 0 Å². The molecule has 0 saturated heterocycles. The van der Waals surface area contributed by atoms with Crippen molar-refractivity contribution in [2.75, 3.05) is 16.8 Å². The third-order valence-electron chi connectivity index (χ3n) is 3.62. The number of carbonyl (C=O) groups is 1. The smallest absolute Gasteiger partial charge is 0.414 e. The fourth-order valence-corrected chi connectivity index (χ4v) is 2.60. The van der Waals surface area contributed by atoms with E-state index >= 15 is 0 Å². The Labute approximate surface area is 133 Å². The molecule has 0 aliphatic carbocycles. The fraction of sp³-hybridized carbons (Fsp3) is 0.611. The minimum atomic E-state index is -0.498. The van der Waals surface area contributed by atoms with Gasteiger partial charge in [-0.25, -0.2) is 4.79 Å². The topological polar surface area (TPSA) is 41.6 Å². The summed E-state index contributed by atoms with van der Waals surface area (Å²) in [4.78, 5) is 14.4. The molecule has 0 bridgehead atoms. The molecule has 0 aromatic heterocycles. The van der Waals surface area contributed by atoms with Crippen LogP contribution in [0.1, 0.15) is 59.9 Å². The molecule has 22 heavy (non-hydrogen) atoms. The summed E-state index contributed by atoms with van der Waals surface area (Å²) in [6.07, 6.45) is -0.288. The van der Waals surface area contributed by atoms with Gasteiger partial charge in [0.05, 0.1) is 17.9 Å². The number of benzene rings is 1. The van der Waals surface area contributed by atoms with Crippen LogP contribution >= 0.6 is 0 Å². The maximum atomic E-state index is 12.6. The Balaban J connectivity index is 2.42. The number of hydrogen-bond acceptors (Lipinski definition) is 3. The van der Waals surface area contributed by atoms with Crippen molar-refractivity contribution in [2.24, 2.45) is 0 Å². The van der Waals surface area contributed by atoms with Gasteiger partial charge in [-0.2, -0.15) is 0 Å². The first-order valence-electron chi connectivity index (χ1n) is 7.91. The lowest BCUT2D eigenvalue weighted by atomic mass is 9.96. The van der Waals surface area contributed by atoms with E-state index in [2.05, 4.69) is 51.2 Å². The van der Waals surface area contributed by atoms with Crippen LogP contribution in [0.4, 0.5) is 16.2 Å². The highest BCUT2D eigenvalue weighted by atomic mass is 16.6. The van der Waals surface area contributed by atoms with Gasteiger partial charge in [-0.15, -0.1) is 0 Å². The van der Waals surface area contributed by atoms with Crippen LogP contribution in [-0.4, -0.2) is 23.8 Å². The number of anilines is 2. The minimum absolute atomic E-state index is 0.191. The van der Waals surface area contributed by atoms with Crippen molar-refractivity contribution < 1.29 is 9.53 Å². The van der Waals surface area contributed by atoms with Crippen LogP contribution in [0.5, 0.6) is 0 Å². The summed E-state index contributed by atoms with van der Waals surface area (Å²) in [7, 11) is 0. The van der Waals surface area contributed by atoms with E-state index in [9.17, 15) is 4.79 Å². The zero-order chi connectivity index (χ0) is 16.7. The predicted molar refractivity (Wildman–Crippen MR) is 91.8 cm³/mol. The molecular weight excluding hydrogens is 276 g/mol. The molecule has 0 saturated carbocycles. The lowest BCUT2D eigenvalue weighted by Gasteiger charge is -2.41. The average molecular weight is 304 g/mol. The maximum Gasteiger partial charge on any atom is 0.414 e. The molecule has 0 atom stereocenters. The van der Waals surface area contributed by atoms with E-state index < -0.39 is 5.60 Å². The van der Waals surface area contributed by atoms with Gasteiger partial charge in [-0.3, -0.25) is 4.90 Å². The van der Waals surface area contributed by atoms with Crippen molar-refractivity contribution in [3.63, 3.8) is 0 Å². The Morgan fingerprint density at radius 2 is 1.95 bits per heavy atom. The van der Waals surface area contributed by atoms with Crippen LogP contribution in [0.15, 0.2) is 18.2 Å². The number of amides is 1. The fourth-order valence-electron chi connectivity index (χ4n) is 2.60. The van der Waals surface area contributed by atoms with Crippen molar-refractivity contribution in [2.45, 2.75) is 65.5 Å². The first-order chi connectivity index (χ1) is 9.98. The summed E-state index contributed by atoms with van der Waals surface area (Å²) in [5, 5.41) is 3.50. The molecule has 1 aromatic rings. The first-order valence-corrected chi connectivity index (χ1v) is 7.91. The normalized spacial score (nSPS) is 17.0. The van der Waals surface area contributed by atoms with Crippen molar-refractivity contribution >= 4 is 17.5 Å². The lowest BCUT2D eigenvalue weighted by Crippen LogP contribution is -2.51. The van der Waals surface area contributed by atoms with Gasteiger partial charge in [0.1, 0.15) is 5.60 Å². The second-order valence-corrected chi connectivity index (χ2v) is 8.01. The Bertz CT molecular complexity index is 571. The summed E-state index contributed by atoms with van der Waals surface area (Å²) >= 11 is 0. The van der Waals surface area contributed by atoms with Gasteiger partial charge in [0.15, 0.2) is 0 Å². The number of nitrogens with one attached hydrogen (secondary N) is 1. The third-order valence-corrected chi connectivity index (χ3v) is 3.62. The maximum absolute atomic E-state index is 12.6. The summed E-state index contributed by atoms with van der Waals surface area (Å²) in [5.41, 5.74) is 2.41. The number of ether oxygens (including phenoxy) is 1. The predicted octanol–water partition coefficient (Wildman–Crippen LogP) is 4.76. The molecule has 0 radical (unpaired) electrons. The zero-order valence-electron chi connectivity index (χ0n) is 14.8. The molecule has 4 nitrogen and oxygen atoms in total. The van der Waals surface area contributed by atoms with Gasteiger partial charge in [0.2, 0.25) is 0 Å². The number of fused-ring (bicyclic) bond motifs is 1. The Morgan fingerprint density at radius 3 is 2.50 bits per heavy atom. The molecule has 4 heteroatoms. The molecule has 1 aliphatic rings. The van der Waals surface area contributed by atoms with Crippen LogP contribution in [0.2, 0.25) is 0 Å². The quantitative estimate of drug-likeness (QED) is 0.813. The van der Waals surface area contributed by atoms with Gasteiger partial charge < -0.3 is 10.1 Å². The van der Waals surface area contributed by atoms with Crippen molar-refractivity contribution in [3.8, 4) is 0 Å². The molecule has 0 spiro atoms. The lowest BCUT2D eigenvalue weighted by molar-refractivity contribution is 0.0573. The van der Waals surface area contributed by atoms with Gasteiger partial charge >= 0.3 is 6.09 Å². The van der Waals surface area contributed by atoms with E-state index in [1.807, 2.05) is 20.8 Å². The van der Waals surface area contributed by atoms with E-state index in [0.717, 1.165) is 11.4 Å². The molecule has 1 heterocycles. The van der Waals surface area contributed by atoms with Crippen molar-refractivity contribution in [1.82, 2.24) is 0 Å². The van der Waals surface area contributed by atoms with E-state index in [0.29, 0.717) is 12.5 Å². The molecule has 1 N–H and O–H groups in total. The first kappa shape index (κ1) is 16.7. The molecule has 1 aromatic carbocycles. The van der Waals surface area contributed by atoms with Crippen LogP contribution < -0.4 is 10.2 Å². The number of nitrogens with zero attached hydrogens (tertiary/aromatic N) is 1. The monoisotopic (exact) mass is 304 g/mol. The van der Waals surface area contributed by atoms with Gasteiger partial charge in [0.25, 0.3) is 0 Å². The van der Waals surface area contributed by atoms with E-state index in [4.69, 9.17) is 4.74 Å². The second kappa shape index (κ2) is 5.49. The summed E-state index contributed by atoms with van der Waals surface area (Å²) < 4.78 is 5.59. The Hall–Kier alpha value is -1.71. The Kier molecular flexibility index (Phi) is 4.16. The van der Waals surface area contributed by atoms with Crippen molar-refractivity contribution in [1.29, 1.82) is 0 Å². The number of hydrogen-bond donors (Lipinski definition) is 1. The second-order valence-electron chi connectivity index (χ2n) is 8.01. The largest absolute Gasteiger partial charge is 0.443 e. The third kappa shape index (κ3) is 3.73. The highest BCUT2D eigenvalue weighted by Crippen LogP contribution is 2.37. The van der Waals surface area contributed by atoms with Crippen LogP contribution in [0, 0.1) is 0 Å². The summed E-state index contributed by atoms with van der Waals surface area (Å²) in [5.74, 6) is 0.417. The van der Waals surface area contributed by atoms with Crippen LogP contribution in [-0.2, 0) is 4.74 Å². The van der Waals surface area contributed by atoms with E-state index in [-0.39, 0.29) is 11.6 Å². The van der Waals surface area contributed by atoms with Gasteiger partial charge in [-0.05, 0) is 58.2 Å². The van der Waals surface area contributed by atoms with Gasteiger partial charge in [-0.1, -0.05) is 19.9 Å². The highest BCUT2D eigenvalue weighted by Gasteiger charge is 2.35. The molecule has 0 fully saturated rings. The number of carbonyl (C=O) groups excluding carboxylic acids is 1. The standard InChI is InChI=1S/C18H28N2O2/c1-12(2)13-8-9-14-15(10-13)20(11-18(6,7)19-14)16(21)22-17(3,4)5/h8-10,12,19H,11H2,1-7H3. The molecule has 1 aliphatic heterocycles. The highest BCUT2D eigenvalue weighted by molar-refractivity contribution is 5.94. The molecule has 122 valence electrons. The minimum Gasteiger partial charge on any atom is -0.443 e. The molecule has 1 amide bonds. The van der Waals surface area contributed by atoms with Crippen LogP contribution in [0.25, 0.3) is 0 Å². The zero-order valence-corrected chi connectivity index (χ0v) is 14.8. The Morgan fingerprint density at radius 1 is 1.32 bits per heavy atom. The SMILES string of the molecule is CC(C)c1ccc2c(c1)N(C(=O)OC(C)(C)C)CC(C)(C)N2. The van der Waals surface area contributed by atoms with E-state index in [1.165, 1.54) is 5.56 Å². The van der Waals surface area contributed by atoms with E-state index in [1.54, 1.807) is 4.90 Å². The van der Waals surface area contributed by atoms with Crippen molar-refractivity contribution in [3.05, 3.63) is 23.8 Å². The molecular formula is C18H28N2O2. The number of rotatable bonds is 1. The molecule has 0 unspecified atom stereocenters. The summed E-state index contributed by atoms with van der Waals surface area (Å²) in [6.45, 7) is 14.7. The van der Waals surface area contributed by atoms with Gasteiger partial charge in [0, 0.05) is 5.54 Å². The summed E-state index contributed by atoms with van der Waals surface area (Å²) in [6, 6.07) is 6.26. The molecule has 2 rings (SSSR count).